The molecule has 6 rings (SSSR count). The number of ether oxygens (including phenoxy) is 1. The summed E-state index contributed by atoms with van der Waals surface area (Å²) >= 11 is 14.8. The second-order valence-corrected chi connectivity index (χ2v) is 11.8. The van der Waals surface area contributed by atoms with E-state index in [1.807, 2.05) is 6.07 Å². The van der Waals surface area contributed by atoms with Crippen LogP contribution in [-0.2, 0) is 10.5 Å². The summed E-state index contributed by atoms with van der Waals surface area (Å²) in [5, 5.41) is 21.4. The predicted octanol–water partition coefficient (Wildman–Crippen LogP) is 7.07. The number of nitrogens with zero attached hydrogens (tertiary/aromatic N) is 4. The van der Waals surface area contributed by atoms with Crippen molar-refractivity contribution < 1.29 is 23.8 Å². The Kier molecular flexibility index (Phi) is 7.43. The number of fused-ring (bicyclic) bond motifs is 1. The van der Waals surface area contributed by atoms with E-state index >= 15 is 0 Å². The molecule has 41 heavy (non-hydrogen) atoms. The Morgan fingerprint density at radius 1 is 1.17 bits per heavy atom. The summed E-state index contributed by atoms with van der Waals surface area (Å²) in [5.41, 5.74) is 1.58. The van der Waals surface area contributed by atoms with Crippen molar-refractivity contribution in [3.8, 4) is 5.75 Å². The molecule has 9 nitrogen and oxygen atoms in total. The number of pyridine rings is 1. The number of para-hydroxylation sites is 1. The number of amides is 1. The van der Waals surface area contributed by atoms with E-state index in [-0.39, 0.29) is 16.5 Å². The van der Waals surface area contributed by atoms with Crippen LogP contribution in [0.25, 0.3) is 11.0 Å². The van der Waals surface area contributed by atoms with E-state index in [0.29, 0.717) is 42.4 Å². The van der Waals surface area contributed by atoms with Gasteiger partial charge in [-0.3, -0.25) is 19.5 Å². The van der Waals surface area contributed by atoms with E-state index in [4.69, 9.17) is 32.4 Å². The van der Waals surface area contributed by atoms with Crippen LogP contribution in [0.1, 0.15) is 27.7 Å². The average molecular weight is 626 g/mol. The lowest BCUT2D eigenvalue weighted by Crippen LogP contribution is -2.31. The van der Waals surface area contributed by atoms with E-state index < -0.39 is 23.5 Å². The van der Waals surface area contributed by atoms with Gasteiger partial charge in [-0.1, -0.05) is 70.6 Å². The molecule has 0 saturated carbocycles. The normalized spacial score (nSPS) is 15.2. The summed E-state index contributed by atoms with van der Waals surface area (Å²) in [5.74, 6) is -1.25. The van der Waals surface area contributed by atoms with Gasteiger partial charge < -0.3 is 14.3 Å². The lowest BCUT2D eigenvalue weighted by Gasteiger charge is -2.23. The fraction of sp³-hybridized carbons (Fsp3) is 0.107. The molecule has 206 valence electrons. The third-order valence-corrected chi connectivity index (χ3v) is 9.06. The number of thioether (sulfide) groups is 1. The van der Waals surface area contributed by atoms with Crippen molar-refractivity contribution in [3.05, 3.63) is 105 Å². The van der Waals surface area contributed by atoms with Crippen LogP contribution in [-0.4, -0.2) is 39.1 Å². The van der Waals surface area contributed by atoms with Crippen LogP contribution in [0, 0.1) is 0 Å². The third-order valence-electron chi connectivity index (χ3n) is 6.37. The van der Waals surface area contributed by atoms with Crippen molar-refractivity contribution in [3.63, 3.8) is 0 Å². The highest BCUT2D eigenvalue weighted by Crippen LogP contribution is 2.44. The van der Waals surface area contributed by atoms with Crippen LogP contribution >= 0.6 is 46.3 Å². The maximum Gasteiger partial charge on any atom is 0.296 e. The maximum atomic E-state index is 13.8. The van der Waals surface area contributed by atoms with Crippen molar-refractivity contribution in [1.82, 2.24) is 15.2 Å². The molecule has 4 heterocycles. The summed E-state index contributed by atoms with van der Waals surface area (Å²) in [4.78, 5) is 32.7. The van der Waals surface area contributed by atoms with Gasteiger partial charge >= 0.3 is 0 Å². The monoisotopic (exact) mass is 624 g/mol. The number of halogens is 2. The molecule has 13 heteroatoms. The minimum atomic E-state index is -1.02. The van der Waals surface area contributed by atoms with Gasteiger partial charge in [0.2, 0.25) is 10.9 Å². The summed E-state index contributed by atoms with van der Waals surface area (Å²) in [7, 11) is 1.50. The molecule has 0 bridgehead atoms. The number of hydrogen-bond acceptors (Lipinski definition) is 10. The molecule has 0 spiro atoms. The third kappa shape index (κ3) is 5.06. The predicted molar refractivity (Wildman–Crippen MR) is 157 cm³/mol. The smallest absolute Gasteiger partial charge is 0.296 e. The second-order valence-electron chi connectivity index (χ2n) is 8.82. The average Bonchev–Trinajstić information content (AvgIpc) is 3.69. The highest BCUT2D eigenvalue weighted by Gasteiger charge is 2.47. The van der Waals surface area contributed by atoms with Gasteiger partial charge in [0.1, 0.15) is 0 Å². The van der Waals surface area contributed by atoms with Crippen molar-refractivity contribution in [2.45, 2.75) is 16.1 Å². The maximum absolute atomic E-state index is 13.8. The first-order valence-electron chi connectivity index (χ1n) is 12.0. The molecule has 1 atom stereocenters. The molecule has 3 aromatic heterocycles. The van der Waals surface area contributed by atoms with E-state index in [9.17, 15) is 14.7 Å². The number of furan rings is 1. The zero-order valence-corrected chi connectivity index (χ0v) is 24.2. The Labute approximate surface area is 251 Å². The number of aliphatic hydroxyl groups is 1. The molecule has 5 aromatic rings. The van der Waals surface area contributed by atoms with Gasteiger partial charge in [0.25, 0.3) is 5.91 Å². The Balaban J connectivity index is 1.35. The first-order chi connectivity index (χ1) is 19.9. The molecule has 0 radical (unpaired) electrons. The van der Waals surface area contributed by atoms with Gasteiger partial charge in [0.05, 0.1) is 18.7 Å². The number of ketones is 1. The number of benzene rings is 2. The molecule has 1 aliphatic heterocycles. The summed E-state index contributed by atoms with van der Waals surface area (Å²) in [6, 6.07) is 14.4. The number of Topliss-reactive ketones (excluding diaryl/α,β-unsaturated/α-hetero) is 1. The fourth-order valence-corrected chi connectivity index (χ4v) is 6.89. The van der Waals surface area contributed by atoms with Crippen LogP contribution in [0.4, 0.5) is 5.13 Å². The molecule has 2 aromatic carbocycles. The summed E-state index contributed by atoms with van der Waals surface area (Å²) < 4.78 is 11.8. The molecule has 1 aliphatic rings. The minimum Gasteiger partial charge on any atom is -0.503 e. The lowest BCUT2D eigenvalue weighted by atomic mass is 9.96. The van der Waals surface area contributed by atoms with Crippen LogP contribution in [0.15, 0.2) is 87.1 Å². The van der Waals surface area contributed by atoms with Gasteiger partial charge in [-0.15, -0.1) is 10.2 Å². The topological polar surface area (TPSA) is 119 Å². The van der Waals surface area contributed by atoms with Gasteiger partial charge in [-0.05, 0) is 41.5 Å². The first-order valence-corrected chi connectivity index (χ1v) is 14.6. The van der Waals surface area contributed by atoms with Crippen molar-refractivity contribution in [2.75, 3.05) is 12.0 Å². The standard InChI is InChI=1S/C28H18Cl2N4O5S2/c1-38-19-6-2-4-14-10-20(39-25(14)19)23(35)21-22(15-5-3-9-31-12-15)34(26(37)24(21)36)27-32-33-28(41-27)40-13-16-7-8-17(29)11-18(16)30/h2-12,22,36H,13H2,1H3. The zero-order valence-electron chi connectivity index (χ0n) is 21.1. The summed E-state index contributed by atoms with van der Waals surface area (Å²) in [6.45, 7) is 0. The number of methoxy groups -OCH3 is 1. The SMILES string of the molecule is COc1cccc2cc(C(=O)C3=C(O)C(=O)N(c4nnc(SCc5ccc(Cl)cc5Cl)s4)C3c3cccnc3)oc12. The van der Waals surface area contributed by atoms with Crippen LogP contribution in [0.3, 0.4) is 0 Å². The van der Waals surface area contributed by atoms with E-state index in [1.54, 1.807) is 54.7 Å². The van der Waals surface area contributed by atoms with E-state index in [1.165, 1.54) is 30.0 Å². The van der Waals surface area contributed by atoms with Crippen LogP contribution in [0.5, 0.6) is 5.75 Å². The lowest BCUT2D eigenvalue weighted by molar-refractivity contribution is -0.117. The zero-order chi connectivity index (χ0) is 28.7. The Bertz CT molecular complexity index is 1840. The minimum absolute atomic E-state index is 0.0528. The fourth-order valence-electron chi connectivity index (χ4n) is 4.47. The number of anilines is 1. The van der Waals surface area contributed by atoms with E-state index in [2.05, 4.69) is 15.2 Å². The second kappa shape index (κ2) is 11.2. The van der Waals surface area contributed by atoms with Crippen molar-refractivity contribution in [1.29, 1.82) is 0 Å². The quantitative estimate of drug-likeness (QED) is 0.110. The molecule has 1 N–H and O–H groups in total. The highest BCUT2D eigenvalue weighted by molar-refractivity contribution is 8.00. The van der Waals surface area contributed by atoms with Gasteiger partial charge in [-0.2, -0.15) is 0 Å². The largest absolute Gasteiger partial charge is 0.503 e. The summed E-state index contributed by atoms with van der Waals surface area (Å²) in [6.07, 6.45) is 3.10. The highest BCUT2D eigenvalue weighted by atomic mass is 35.5. The van der Waals surface area contributed by atoms with Gasteiger partial charge in [-0.25, -0.2) is 0 Å². The Morgan fingerprint density at radius 2 is 2.02 bits per heavy atom. The van der Waals surface area contributed by atoms with Gasteiger partial charge in [0, 0.05) is 33.6 Å². The van der Waals surface area contributed by atoms with E-state index in [0.717, 1.165) is 16.9 Å². The molecule has 1 amide bonds. The number of carbonyl (C=O) groups is 2. The number of aliphatic hydroxyl groups excluding tert-OH is 1. The Hall–Kier alpha value is -3.90. The number of aromatic nitrogens is 3. The van der Waals surface area contributed by atoms with Crippen LogP contribution in [0.2, 0.25) is 10.0 Å². The molecular formula is C28H18Cl2N4O5S2. The molecule has 0 aliphatic carbocycles. The number of carbonyl (C=O) groups excluding carboxylic acids is 2. The molecule has 0 fully saturated rings. The number of hydrogen-bond donors (Lipinski definition) is 1. The Morgan fingerprint density at radius 3 is 2.78 bits per heavy atom. The molecule has 1 unspecified atom stereocenters. The van der Waals surface area contributed by atoms with Crippen molar-refractivity contribution in [2.24, 2.45) is 0 Å². The van der Waals surface area contributed by atoms with Crippen molar-refractivity contribution >= 4 is 74.1 Å². The van der Waals surface area contributed by atoms with Crippen LogP contribution < -0.4 is 9.64 Å². The molecule has 0 saturated heterocycles. The first kappa shape index (κ1) is 27.3. The molecular weight excluding hydrogens is 607 g/mol. The van der Waals surface area contributed by atoms with Gasteiger partial charge in [0.15, 0.2) is 27.2 Å². The number of rotatable bonds is 8.